The van der Waals surface area contributed by atoms with E-state index in [-0.39, 0.29) is 18.6 Å². The highest BCUT2D eigenvalue weighted by molar-refractivity contribution is 5.77. The number of aliphatic hydroxyl groups is 1. The molecule has 4 aliphatic carbocycles. The second kappa shape index (κ2) is 11.2. The van der Waals surface area contributed by atoms with Crippen LogP contribution in [-0.4, -0.2) is 60.5 Å². The monoisotopic (exact) mass is 529 g/mol. The van der Waals surface area contributed by atoms with Gasteiger partial charge >= 0.3 is 0 Å². The number of morpholine rings is 1. The highest BCUT2D eigenvalue weighted by Crippen LogP contribution is 2.67. The van der Waals surface area contributed by atoms with E-state index in [1.54, 1.807) is 5.57 Å². The molecule has 5 nitrogen and oxygen atoms in total. The molecule has 0 aromatic carbocycles. The highest BCUT2D eigenvalue weighted by atomic mass is 16.5. The number of fused-ring (bicyclic) bond motifs is 5. The summed E-state index contributed by atoms with van der Waals surface area (Å²) in [6.07, 6.45) is 16.2. The molecule has 38 heavy (non-hydrogen) atoms. The molecule has 1 N–H and O–H groups in total. The maximum absolute atomic E-state index is 12.6. The van der Waals surface area contributed by atoms with Gasteiger partial charge in [-0.05, 0) is 112 Å². The smallest absolute Gasteiger partial charge is 0.248 e. The van der Waals surface area contributed by atoms with Crippen molar-refractivity contribution in [3.63, 3.8) is 0 Å². The van der Waals surface area contributed by atoms with Crippen LogP contribution in [0.2, 0.25) is 0 Å². The fraction of sp³-hybridized carbons (Fsp3) is 0.909. The molecule has 216 valence electrons. The van der Waals surface area contributed by atoms with E-state index in [4.69, 9.17) is 9.47 Å². The van der Waals surface area contributed by atoms with Crippen molar-refractivity contribution in [2.75, 3.05) is 32.9 Å². The van der Waals surface area contributed by atoms with Crippen molar-refractivity contribution < 1.29 is 19.4 Å². The van der Waals surface area contributed by atoms with Crippen LogP contribution in [0.1, 0.15) is 105 Å². The summed E-state index contributed by atoms with van der Waals surface area (Å²) < 4.78 is 11.6. The molecule has 1 heterocycles. The molecule has 5 rings (SSSR count). The van der Waals surface area contributed by atoms with Crippen molar-refractivity contribution in [3.8, 4) is 0 Å². The van der Waals surface area contributed by atoms with E-state index in [0.717, 1.165) is 55.3 Å². The summed E-state index contributed by atoms with van der Waals surface area (Å²) in [4.78, 5) is 14.5. The van der Waals surface area contributed by atoms with Crippen LogP contribution in [0.3, 0.4) is 0 Å². The number of hydrogen-bond donors (Lipinski definition) is 1. The third-order valence-electron chi connectivity index (χ3n) is 12.1. The number of amides is 1. The van der Waals surface area contributed by atoms with Crippen LogP contribution < -0.4 is 0 Å². The Morgan fingerprint density at radius 3 is 2.66 bits per heavy atom. The van der Waals surface area contributed by atoms with Crippen molar-refractivity contribution in [1.29, 1.82) is 0 Å². The zero-order chi connectivity index (χ0) is 27.1. The predicted octanol–water partition coefficient (Wildman–Crippen LogP) is 6.39. The van der Waals surface area contributed by atoms with Gasteiger partial charge in [0.1, 0.15) is 6.61 Å². The molecule has 3 saturated carbocycles. The Morgan fingerprint density at radius 1 is 1.16 bits per heavy atom. The number of carbonyl (C=O) groups is 1. The van der Waals surface area contributed by atoms with Crippen LogP contribution in [0, 0.1) is 40.4 Å². The molecule has 0 bridgehead atoms. The van der Waals surface area contributed by atoms with Gasteiger partial charge in [-0.2, -0.15) is 0 Å². The molecule has 5 heteroatoms. The lowest BCUT2D eigenvalue weighted by Gasteiger charge is -2.58. The molecular formula is C33H55NO4. The van der Waals surface area contributed by atoms with Crippen LogP contribution in [0.4, 0.5) is 0 Å². The summed E-state index contributed by atoms with van der Waals surface area (Å²) in [5.74, 6) is 4.20. The summed E-state index contributed by atoms with van der Waals surface area (Å²) in [7, 11) is 0. The van der Waals surface area contributed by atoms with E-state index < -0.39 is 5.60 Å². The van der Waals surface area contributed by atoms with E-state index in [1.807, 2.05) is 18.7 Å². The lowest BCUT2D eigenvalue weighted by atomic mass is 9.47. The number of ether oxygens (including phenoxy) is 2. The second-order valence-corrected chi connectivity index (χ2v) is 14.8. The minimum atomic E-state index is -0.538. The van der Waals surface area contributed by atoms with Crippen molar-refractivity contribution in [3.05, 3.63) is 11.6 Å². The first-order valence-electron chi connectivity index (χ1n) is 15.9. The van der Waals surface area contributed by atoms with Gasteiger partial charge in [-0.25, -0.2) is 0 Å². The number of hydrogen-bond acceptors (Lipinski definition) is 4. The third kappa shape index (κ3) is 5.63. The standard InChI is InChI=1S/C33H55NO4/c1-23(7-6-14-31(2,3)36)27-10-11-28-26-9-8-24-21-25(38-22-30(35)34-17-19-37-20-18-34)12-15-32(24,4)29(26)13-16-33(27,28)5/h8,23,25-29,36H,6-7,9-22H2,1-5H3/t23-,25+,26+,27-,28+,29+,32+,33-/m1/s1. The average molecular weight is 530 g/mol. The van der Waals surface area contributed by atoms with E-state index in [0.29, 0.717) is 37.1 Å². The van der Waals surface area contributed by atoms with Gasteiger partial charge in [-0.3, -0.25) is 4.79 Å². The maximum Gasteiger partial charge on any atom is 0.248 e. The first-order valence-corrected chi connectivity index (χ1v) is 15.9. The molecule has 0 aromatic heterocycles. The largest absolute Gasteiger partial charge is 0.390 e. The van der Waals surface area contributed by atoms with E-state index in [2.05, 4.69) is 26.8 Å². The van der Waals surface area contributed by atoms with Crippen molar-refractivity contribution in [2.45, 2.75) is 117 Å². The van der Waals surface area contributed by atoms with Crippen LogP contribution in [0.25, 0.3) is 0 Å². The number of rotatable bonds is 8. The van der Waals surface area contributed by atoms with Gasteiger partial charge < -0.3 is 19.5 Å². The summed E-state index contributed by atoms with van der Waals surface area (Å²) in [6, 6.07) is 0. The molecule has 1 aliphatic heterocycles. The summed E-state index contributed by atoms with van der Waals surface area (Å²) >= 11 is 0. The highest BCUT2D eigenvalue weighted by Gasteiger charge is 2.59. The fourth-order valence-electron chi connectivity index (χ4n) is 9.90. The maximum atomic E-state index is 12.6. The normalized spacial score (nSPS) is 40.1. The lowest BCUT2D eigenvalue weighted by Crippen LogP contribution is -2.51. The van der Waals surface area contributed by atoms with Gasteiger partial charge in [0.05, 0.1) is 24.9 Å². The second-order valence-electron chi connectivity index (χ2n) is 14.8. The van der Waals surface area contributed by atoms with Gasteiger partial charge in [0.25, 0.3) is 0 Å². The molecular weight excluding hydrogens is 474 g/mol. The molecule has 1 amide bonds. The Balaban J connectivity index is 1.19. The molecule has 0 unspecified atom stereocenters. The van der Waals surface area contributed by atoms with Crippen LogP contribution >= 0.6 is 0 Å². The fourth-order valence-corrected chi connectivity index (χ4v) is 9.90. The van der Waals surface area contributed by atoms with E-state index in [9.17, 15) is 9.90 Å². The summed E-state index contributed by atoms with van der Waals surface area (Å²) in [6.45, 7) is 14.5. The minimum Gasteiger partial charge on any atom is -0.390 e. The first-order chi connectivity index (χ1) is 18.0. The van der Waals surface area contributed by atoms with Gasteiger partial charge in [0.15, 0.2) is 0 Å². The minimum absolute atomic E-state index is 0.121. The van der Waals surface area contributed by atoms with Crippen molar-refractivity contribution in [1.82, 2.24) is 4.90 Å². The number of nitrogens with zero attached hydrogens (tertiary/aromatic N) is 1. The number of carbonyl (C=O) groups excluding carboxylic acids is 1. The van der Waals surface area contributed by atoms with Crippen LogP contribution in [0.5, 0.6) is 0 Å². The Kier molecular flexibility index (Phi) is 8.41. The summed E-state index contributed by atoms with van der Waals surface area (Å²) in [5, 5.41) is 10.2. The Morgan fingerprint density at radius 2 is 1.92 bits per heavy atom. The molecule has 0 spiro atoms. The van der Waals surface area contributed by atoms with Gasteiger partial charge in [-0.1, -0.05) is 45.3 Å². The SMILES string of the molecule is C[C@H](CCCC(C)(C)O)[C@H]1CC[C@H]2[C@@H]3CC=C4C[C@@H](OCC(=O)N5CCOCC5)CC[C@]4(C)[C@H]3CC[C@]12C. The zero-order valence-electron chi connectivity index (χ0n) is 25.0. The zero-order valence-corrected chi connectivity index (χ0v) is 25.0. The molecule has 4 fully saturated rings. The Hall–Kier alpha value is -0.910. The average Bonchev–Trinajstić information content (AvgIpc) is 3.24. The molecule has 0 aromatic rings. The topological polar surface area (TPSA) is 59.0 Å². The molecule has 1 saturated heterocycles. The van der Waals surface area contributed by atoms with Gasteiger partial charge in [0.2, 0.25) is 5.91 Å². The van der Waals surface area contributed by atoms with Crippen LogP contribution in [0.15, 0.2) is 11.6 Å². The predicted molar refractivity (Wildman–Crippen MR) is 152 cm³/mol. The van der Waals surface area contributed by atoms with Crippen LogP contribution in [-0.2, 0) is 14.3 Å². The Bertz CT molecular complexity index is 873. The number of allylic oxidation sites excluding steroid dienone is 1. The molecule has 8 atom stereocenters. The first kappa shape index (κ1) is 28.6. The Labute approximate surface area is 232 Å². The van der Waals surface area contributed by atoms with Crippen molar-refractivity contribution in [2.24, 2.45) is 40.4 Å². The van der Waals surface area contributed by atoms with E-state index in [1.165, 1.54) is 44.9 Å². The summed E-state index contributed by atoms with van der Waals surface area (Å²) in [5.41, 5.74) is 1.89. The third-order valence-corrected chi connectivity index (χ3v) is 12.1. The lowest BCUT2D eigenvalue weighted by molar-refractivity contribution is -0.143. The molecule has 5 aliphatic rings. The quantitative estimate of drug-likeness (QED) is 0.370. The molecule has 0 radical (unpaired) electrons. The van der Waals surface area contributed by atoms with Crippen molar-refractivity contribution >= 4 is 5.91 Å². The van der Waals surface area contributed by atoms with E-state index >= 15 is 0 Å². The van der Waals surface area contributed by atoms with Gasteiger partial charge in [-0.15, -0.1) is 0 Å². The van der Waals surface area contributed by atoms with Gasteiger partial charge in [0, 0.05) is 13.1 Å².